The van der Waals surface area contributed by atoms with Crippen LogP contribution in [-0.4, -0.2) is 18.5 Å². The van der Waals surface area contributed by atoms with Crippen LogP contribution in [0.2, 0.25) is 0 Å². The van der Waals surface area contributed by atoms with E-state index in [-0.39, 0.29) is 12.3 Å². The Labute approximate surface area is 64.0 Å². The highest BCUT2D eigenvalue weighted by molar-refractivity contribution is 5.96. The normalized spacial score (nSPS) is 10.8. The van der Waals surface area contributed by atoms with Gasteiger partial charge in [-0.3, -0.25) is 4.79 Å². The summed E-state index contributed by atoms with van der Waals surface area (Å²) in [6.07, 6.45) is 0.817. The Morgan fingerprint density at radius 3 is 2.36 bits per heavy atom. The second kappa shape index (κ2) is 4.32. The van der Waals surface area contributed by atoms with Crippen LogP contribution in [0.25, 0.3) is 0 Å². The van der Waals surface area contributed by atoms with E-state index in [9.17, 15) is 9.59 Å². The van der Waals surface area contributed by atoms with Crippen molar-refractivity contribution in [3.8, 4) is 0 Å². The second-order valence-corrected chi connectivity index (χ2v) is 1.72. The van der Waals surface area contributed by atoms with Crippen LogP contribution >= 0.6 is 0 Å². The van der Waals surface area contributed by atoms with E-state index in [2.05, 4.69) is 4.74 Å². The molecule has 0 radical (unpaired) electrons. The van der Waals surface area contributed by atoms with Gasteiger partial charge in [0.1, 0.15) is 5.70 Å². The lowest BCUT2D eigenvalue weighted by atomic mass is 10.4. The molecule has 0 aromatic rings. The summed E-state index contributed by atoms with van der Waals surface area (Å²) in [5.41, 5.74) is 9.54. The topological polar surface area (TPSA) is 95.4 Å². The first-order valence-corrected chi connectivity index (χ1v) is 3.01. The van der Waals surface area contributed by atoms with Crippen molar-refractivity contribution in [2.75, 3.05) is 6.61 Å². The molecule has 0 spiro atoms. The summed E-state index contributed by atoms with van der Waals surface area (Å²) in [6.45, 7) is 1.85. The number of amides is 1. The molecule has 0 rings (SSSR count). The zero-order valence-corrected chi connectivity index (χ0v) is 6.16. The number of ether oxygens (including phenoxy) is 1. The fraction of sp³-hybridized carbons (Fsp3) is 0.333. The summed E-state index contributed by atoms with van der Waals surface area (Å²) in [5, 5.41) is 0. The van der Waals surface area contributed by atoms with Crippen molar-refractivity contribution in [1.82, 2.24) is 0 Å². The smallest absolute Gasteiger partial charge is 0.354 e. The Hall–Kier alpha value is -1.52. The largest absolute Gasteiger partial charge is 0.461 e. The maximum Gasteiger partial charge on any atom is 0.354 e. The predicted molar refractivity (Wildman–Crippen MR) is 38.1 cm³/mol. The summed E-state index contributed by atoms with van der Waals surface area (Å²) in [4.78, 5) is 20.8. The first-order chi connectivity index (χ1) is 5.07. The molecule has 4 N–H and O–H groups in total. The Kier molecular flexibility index (Phi) is 3.72. The molecular formula is C6H10N2O3. The highest BCUT2D eigenvalue weighted by Crippen LogP contribution is 1.87. The molecule has 5 heteroatoms. The number of hydrogen-bond donors (Lipinski definition) is 2. The monoisotopic (exact) mass is 158 g/mol. The lowest BCUT2D eigenvalue weighted by Gasteiger charge is -1.98. The number of primary amides is 1. The van der Waals surface area contributed by atoms with E-state index in [1.165, 1.54) is 0 Å². The van der Waals surface area contributed by atoms with E-state index in [0.29, 0.717) is 0 Å². The lowest BCUT2D eigenvalue weighted by molar-refractivity contribution is -0.138. The van der Waals surface area contributed by atoms with Gasteiger partial charge in [0.25, 0.3) is 0 Å². The van der Waals surface area contributed by atoms with Crippen molar-refractivity contribution in [3.05, 3.63) is 11.8 Å². The maximum absolute atomic E-state index is 10.7. The Balaban J connectivity index is 4.12. The molecule has 0 unspecified atom stereocenters. The molecule has 0 heterocycles. The van der Waals surface area contributed by atoms with Gasteiger partial charge in [-0.15, -0.1) is 0 Å². The molecule has 0 aliphatic carbocycles. The van der Waals surface area contributed by atoms with Gasteiger partial charge in [0.05, 0.1) is 6.61 Å². The molecule has 0 saturated carbocycles. The van der Waals surface area contributed by atoms with Crippen molar-refractivity contribution in [2.24, 2.45) is 11.5 Å². The predicted octanol–water partition coefficient (Wildman–Crippen LogP) is -1.12. The Morgan fingerprint density at radius 2 is 2.00 bits per heavy atom. The number of carbonyl (C=O) groups is 2. The minimum atomic E-state index is -0.768. The van der Waals surface area contributed by atoms with Crippen molar-refractivity contribution < 1.29 is 14.3 Å². The van der Waals surface area contributed by atoms with Gasteiger partial charge >= 0.3 is 5.97 Å². The molecule has 0 saturated heterocycles. The summed E-state index contributed by atoms with van der Waals surface area (Å²) < 4.78 is 4.46. The molecule has 5 nitrogen and oxygen atoms in total. The Morgan fingerprint density at radius 1 is 1.45 bits per heavy atom. The fourth-order valence-electron chi connectivity index (χ4n) is 0.427. The van der Waals surface area contributed by atoms with Gasteiger partial charge < -0.3 is 16.2 Å². The summed E-state index contributed by atoms with van der Waals surface area (Å²) in [7, 11) is 0. The first-order valence-electron chi connectivity index (χ1n) is 3.01. The number of hydrogen-bond acceptors (Lipinski definition) is 4. The third-order valence-corrected chi connectivity index (χ3v) is 0.809. The molecule has 62 valence electrons. The third kappa shape index (κ3) is 3.96. The fourth-order valence-corrected chi connectivity index (χ4v) is 0.427. The van der Waals surface area contributed by atoms with Crippen LogP contribution in [0.1, 0.15) is 6.92 Å². The van der Waals surface area contributed by atoms with E-state index >= 15 is 0 Å². The van der Waals surface area contributed by atoms with Gasteiger partial charge in [0.2, 0.25) is 5.91 Å². The second-order valence-electron chi connectivity index (χ2n) is 1.72. The van der Waals surface area contributed by atoms with Gasteiger partial charge in [-0.05, 0) is 6.92 Å². The van der Waals surface area contributed by atoms with Crippen molar-refractivity contribution >= 4 is 11.9 Å². The van der Waals surface area contributed by atoms with Gasteiger partial charge in [0.15, 0.2) is 0 Å². The zero-order valence-electron chi connectivity index (χ0n) is 6.16. The van der Waals surface area contributed by atoms with Crippen LogP contribution in [-0.2, 0) is 14.3 Å². The quantitative estimate of drug-likeness (QED) is 0.401. The van der Waals surface area contributed by atoms with E-state index in [1.54, 1.807) is 6.92 Å². The Bertz CT molecular complexity index is 198. The molecule has 0 bridgehead atoms. The highest BCUT2D eigenvalue weighted by atomic mass is 16.5. The molecule has 11 heavy (non-hydrogen) atoms. The molecular weight excluding hydrogens is 148 g/mol. The average molecular weight is 158 g/mol. The number of nitrogens with two attached hydrogens (primary N) is 2. The highest BCUT2D eigenvalue weighted by Gasteiger charge is 2.05. The molecule has 0 aromatic carbocycles. The SMILES string of the molecule is CCOC(=O)/C(N)=C/C(N)=O. The van der Waals surface area contributed by atoms with Crippen LogP contribution in [0, 0.1) is 0 Å². The van der Waals surface area contributed by atoms with Gasteiger partial charge in [-0.1, -0.05) is 0 Å². The van der Waals surface area contributed by atoms with Gasteiger partial charge in [0, 0.05) is 6.08 Å². The summed E-state index contributed by atoms with van der Waals surface area (Å²) in [6, 6.07) is 0. The molecule has 0 atom stereocenters. The van der Waals surface area contributed by atoms with Crippen molar-refractivity contribution in [2.45, 2.75) is 6.92 Å². The van der Waals surface area contributed by atoms with E-state index in [1.807, 2.05) is 0 Å². The van der Waals surface area contributed by atoms with Crippen LogP contribution in [0.4, 0.5) is 0 Å². The molecule has 0 aliphatic heterocycles. The van der Waals surface area contributed by atoms with Crippen molar-refractivity contribution in [1.29, 1.82) is 0 Å². The standard InChI is InChI=1S/C6H10N2O3/c1-2-11-6(10)4(7)3-5(8)9/h3H,2,7H2,1H3,(H2,8,9)/b4-3-. The summed E-state index contributed by atoms with van der Waals surface area (Å²) in [5.74, 6) is -1.50. The molecule has 1 amide bonds. The minimum absolute atomic E-state index is 0.214. The minimum Gasteiger partial charge on any atom is -0.461 e. The van der Waals surface area contributed by atoms with E-state index < -0.39 is 11.9 Å². The van der Waals surface area contributed by atoms with Gasteiger partial charge in [-0.2, -0.15) is 0 Å². The van der Waals surface area contributed by atoms with Crippen molar-refractivity contribution in [3.63, 3.8) is 0 Å². The van der Waals surface area contributed by atoms with Crippen LogP contribution < -0.4 is 11.5 Å². The molecule has 0 fully saturated rings. The van der Waals surface area contributed by atoms with Crippen LogP contribution in [0.15, 0.2) is 11.8 Å². The number of rotatable bonds is 3. The molecule has 0 aliphatic rings. The zero-order chi connectivity index (χ0) is 8.85. The van der Waals surface area contributed by atoms with E-state index in [4.69, 9.17) is 11.5 Å². The number of carbonyl (C=O) groups excluding carboxylic acids is 2. The third-order valence-electron chi connectivity index (χ3n) is 0.809. The van der Waals surface area contributed by atoms with Gasteiger partial charge in [-0.25, -0.2) is 4.79 Å². The van der Waals surface area contributed by atoms with Crippen LogP contribution in [0.5, 0.6) is 0 Å². The molecule has 0 aromatic heterocycles. The summed E-state index contributed by atoms with van der Waals surface area (Å²) >= 11 is 0. The van der Waals surface area contributed by atoms with Crippen LogP contribution in [0.3, 0.4) is 0 Å². The average Bonchev–Trinajstić information content (AvgIpc) is 1.86. The maximum atomic E-state index is 10.7. The lowest BCUT2D eigenvalue weighted by Crippen LogP contribution is -2.18. The first kappa shape index (κ1) is 9.48. The van der Waals surface area contributed by atoms with E-state index in [0.717, 1.165) is 6.08 Å². The number of esters is 1.